The van der Waals surface area contributed by atoms with Gasteiger partial charge in [-0.1, -0.05) is 24.3 Å². The van der Waals surface area contributed by atoms with Crippen molar-refractivity contribution in [2.45, 2.75) is 6.54 Å². The Kier molecular flexibility index (Phi) is 5.30. The minimum atomic E-state index is -0.292. The average molecular weight is 452 g/mol. The fraction of sp³-hybridized carbons (Fsp3) is 0.0400. The van der Waals surface area contributed by atoms with Crippen molar-refractivity contribution < 1.29 is 14.3 Å². The first-order chi connectivity index (χ1) is 16.1. The second-order valence-electron chi connectivity index (χ2n) is 7.27. The van der Waals surface area contributed by atoms with Gasteiger partial charge < -0.3 is 15.4 Å². The first-order valence-corrected chi connectivity index (χ1v) is 10.9. The number of benzene rings is 3. The summed E-state index contributed by atoms with van der Waals surface area (Å²) in [6.07, 6.45) is 1.71. The number of hydrogen-bond acceptors (Lipinski definition) is 6. The molecule has 0 fully saturated rings. The molecule has 0 spiro atoms. The Bertz CT molecular complexity index is 1440. The molecule has 5 rings (SSSR count). The number of fused-ring (bicyclic) bond motifs is 2. The van der Waals surface area contributed by atoms with Crippen molar-refractivity contribution in [2.75, 3.05) is 5.32 Å². The third kappa shape index (κ3) is 4.18. The van der Waals surface area contributed by atoms with Crippen molar-refractivity contribution in [2.24, 2.45) is 0 Å². The normalized spacial score (nSPS) is 11.8. The van der Waals surface area contributed by atoms with Gasteiger partial charge in [-0.2, -0.15) is 5.26 Å². The lowest BCUT2D eigenvalue weighted by atomic mass is 10.1. The molecule has 2 N–H and O–H groups in total. The van der Waals surface area contributed by atoms with Crippen LogP contribution in [-0.4, -0.2) is 16.8 Å². The second-order valence-corrected chi connectivity index (χ2v) is 8.39. The first-order valence-electron chi connectivity index (χ1n) is 10.1. The summed E-state index contributed by atoms with van der Waals surface area (Å²) in [4.78, 5) is 30.5. The summed E-state index contributed by atoms with van der Waals surface area (Å²) in [5.41, 5.74) is 2.69. The van der Waals surface area contributed by atoms with Crippen LogP contribution in [0.15, 0.2) is 72.9 Å². The number of ether oxygens (including phenoxy) is 1. The highest BCUT2D eigenvalue weighted by Crippen LogP contribution is 2.36. The number of anilines is 1. The molecular formula is C25H16N4O3S. The highest BCUT2D eigenvalue weighted by atomic mass is 32.1. The Labute approximate surface area is 193 Å². The van der Waals surface area contributed by atoms with Crippen LogP contribution in [0.5, 0.6) is 11.5 Å². The number of rotatable bonds is 4. The van der Waals surface area contributed by atoms with Crippen LogP contribution in [0.2, 0.25) is 0 Å². The Hall–Kier alpha value is -4.48. The molecule has 0 atom stereocenters. The van der Waals surface area contributed by atoms with E-state index in [1.807, 2.05) is 12.1 Å². The van der Waals surface area contributed by atoms with E-state index < -0.39 is 0 Å². The average Bonchev–Trinajstić information content (AvgIpc) is 3.27. The van der Waals surface area contributed by atoms with E-state index in [2.05, 4.69) is 21.7 Å². The minimum absolute atomic E-state index is 0.282. The molecule has 160 valence electrons. The molecular weight excluding hydrogens is 436 g/mol. The van der Waals surface area contributed by atoms with Gasteiger partial charge in [0.15, 0.2) is 5.75 Å². The molecule has 7 nitrogen and oxygen atoms in total. The van der Waals surface area contributed by atoms with Crippen LogP contribution in [0.3, 0.4) is 0 Å². The van der Waals surface area contributed by atoms with Gasteiger partial charge in [-0.25, -0.2) is 4.98 Å². The second kappa shape index (κ2) is 8.57. The van der Waals surface area contributed by atoms with Gasteiger partial charge in [0.25, 0.3) is 11.8 Å². The molecule has 0 radical (unpaired) electrons. The molecule has 1 aromatic heterocycles. The topological polar surface area (TPSA) is 104 Å². The van der Waals surface area contributed by atoms with Gasteiger partial charge >= 0.3 is 0 Å². The number of amides is 2. The van der Waals surface area contributed by atoms with Gasteiger partial charge in [0, 0.05) is 22.2 Å². The standard InChI is InChI=1S/C25H16N4O3S/c26-12-15-4-3-5-17(10-15)25-28-14-18(33-25)13-27-23(30)16-8-9-22-20(11-16)29-24(31)19-6-1-2-7-21(19)32-22/h1-11,14H,13H2,(H,27,30)(H,29,31). The molecule has 0 unspecified atom stereocenters. The molecule has 0 saturated heterocycles. The summed E-state index contributed by atoms with van der Waals surface area (Å²) >= 11 is 1.45. The van der Waals surface area contributed by atoms with Crippen molar-refractivity contribution in [1.29, 1.82) is 5.26 Å². The maximum absolute atomic E-state index is 12.7. The SMILES string of the molecule is N#Cc1cccc(-c2ncc(CNC(=O)c3ccc4c(c3)NC(=O)c3ccccc3O4)s2)c1. The lowest BCUT2D eigenvalue weighted by Gasteiger charge is -2.10. The monoisotopic (exact) mass is 452 g/mol. The zero-order valence-electron chi connectivity index (χ0n) is 17.2. The Morgan fingerprint density at radius 2 is 1.97 bits per heavy atom. The van der Waals surface area contributed by atoms with Crippen molar-refractivity contribution in [3.05, 3.63) is 94.5 Å². The predicted octanol–water partition coefficient (Wildman–Crippen LogP) is 4.97. The lowest BCUT2D eigenvalue weighted by Crippen LogP contribution is -2.22. The molecule has 0 aliphatic carbocycles. The summed E-state index contributed by atoms with van der Waals surface area (Å²) in [7, 11) is 0. The summed E-state index contributed by atoms with van der Waals surface area (Å²) < 4.78 is 5.86. The van der Waals surface area contributed by atoms with Crippen LogP contribution >= 0.6 is 11.3 Å². The number of carbonyl (C=O) groups is 2. The van der Waals surface area contributed by atoms with E-state index in [9.17, 15) is 9.59 Å². The highest BCUT2D eigenvalue weighted by molar-refractivity contribution is 7.15. The molecule has 33 heavy (non-hydrogen) atoms. The number of para-hydroxylation sites is 1. The maximum Gasteiger partial charge on any atom is 0.259 e. The largest absolute Gasteiger partial charge is 0.454 e. The van der Waals surface area contributed by atoms with E-state index in [-0.39, 0.29) is 11.8 Å². The minimum Gasteiger partial charge on any atom is -0.454 e. The van der Waals surface area contributed by atoms with Crippen LogP contribution in [0.4, 0.5) is 5.69 Å². The number of aromatic nitrogens is 1. The molecule has 1 aliphatic heterocycles. The van der Waals surface area contributed by atoms with E-state index >= 15 is 0 Å². The van der Waals surface area contributed by atoms with Gasteiger partial charge in [-0.15, -0.1) is 11.3 Å². The molecule has 2 heterocycles. The number of thiazole rings is 1. The zero-order chi connectivity index (χ0) is 22.8. The van der Waals surface area contributed by atoms with Gasteiger partial charge in [-0.05, 0) is 42.5 Å². The number of nitriles is 1. The van der Waals surface area contributed by atoms with Crippen LogP contribution in [0.25, 0.3) is 10.6 Å². The number of carbonyl (C=O) groups excluding carboxylic acids is 2. The first kappa shape index (κ1) is 20.4. The van der Waals surface area contributed by atoms with Crippen LogP contribution < -0.4 is 15.4 Å². The van der Waals surface area contributed by atoms with E-state index in [0.717, 1.165) is 15.4 Å². The van der Waals surface area contributed by atoms with Gasteiger partial charge in [-0.3, -0.25) is 9.59 Å². The van der Waals surface area contributed by atoms with E-state index in [1.54, 1.807) is 60.8 Å². The van der Waals surface area contributed by atoms with Crippen molar-refractivity contribution in [1.82, 2.24) is 10.3 Å². The Morgan fingerprint density at radius 3 is 2.85 bits per heavy atom. The maximum atomic E-state index is 12.7. The fourth-order valence-corrected chi connectivity index (χ4v) is 4.27. The molecule has 8 heteroatoms. The summed E-state index contributed by atoms with van der Waals surface area (Å²) in [5, 5.41) is 15.5. The summed E-state index contributed by atoms with van der Waals surface area (Å²) in [5.74, 6) is 0.360. The fourth-order valence-electron chi connectivity index (χ4n) is 3.42. The Morgan fingerprint density at radius 1 is 1.09 bits per heavy atom. The molecule has 2 amide bonds. The van der Waals surface area contributed by atoms with E-state index in [1.165, 1.54) is 11.3 Å². The Balaban J connectivity index is 1.29. The van der Waals surface area contributed by atoms with Crippen molar-refractivity contribution in [3.63, 3.8) is 0 Å². The molecule has 1 aliphatic rings. The molecule has 4 aromatic rings. The van der Waals surface area contributed by atoms with Gasteiger partial charge in [0.05, 0.1) is 29.4 Å². The highest BCUT2D eigenvalue weighted by Gasteiger charge is 2.21. The summed E-state index contributed by atoms with van der Waals surface area (Å²) in [6.45, 7) is 0.305. The third-order valence-corrected chi connectivity index (χ3v) is 6.10. The summed E-state index contributed by atoms with van der Waals surface area (Å²) in [6, 6.07) is 21.2. The number of nitrogens with one attached hydrogen (secondary N) is 2. The van der Waals surface area contributed by atoms with Gasteiger partial charge in [0.1, 0.15) is 10.8 Å². The zero-order valence-corrected chi connectivity index (χ0v) is 18.0. The third-order valence-electron chi connectivity index (χ3n) is 5.06. The van der Waals surface area contributed by atoms with E-state index in [0.29, 0.717) is 40.4 Å². The van der Waals surface area contributed by atoms with Crippen molar-refractivity contribution in [3.8, 4) is 28.1 Å². The van der Waals surface area contributed by atoms with E-state index in [4.69, 9.17) is 10.00 Å². The van der Waals surface area contributed by atoms with Crippen molar-refractivity contribution >= 4 is 28.8 Å². The molecule has 0 saturated carbocycles. The number of hydrogen-bond donors (Lipinski definition) is 2. The molecule has 0 bridgehead atoms. The smallest absolute Gasteiger partial charge is 0.259 e. The molecule has 3 aromatic carbocycles. The number of nitrogens with zero attached hydrogens (tertiary/aromatic N) is 2. The quantitative estimate of drug-likeness (QED) is 0.455. The predicted molar refractivity (Wildman–Crippen MR) is 124 cm³/mol. The van der Waals surface area contributed by atoms with Gasteiger partial charge in [0.2, 0.25) is 0 Å². The van der Waals surface area contributed by atoms with Crippen LogP contribution in [0, 0.1) is 11.3 Å². The van der Waals surface area contributed by atoms with Crippen LogP contribution in [-0.2, 0) is 6.54 Å². The van der Waals surface area contributed by atoms with Crippen LogP contribution in [0.1, 0.15) is 31.2 Å². The lowest BCUT2D eigenvalue weighted by molar-refractivity contribution is 0.0950.